The predicted molar refractivity (Wildman–Crippen MR) is 73.8 cm³/mol. The second-order valence-corrected chi connectivity index (χ2v) is 4.46. The molecule has 0 aromatic rings. The number of amides is 2. The molecule has 1 fully saturated rings. The van der Waals surface area contributed by atoms with Crippen LogP contribution in [0.5, 0.6) is 0 Å². The van der Waals surface area contributed by atoms with Crippen molar-refractivity contribution < 1.29 is 9.59 Å². The minimum Gasteiger partial charge on any atom is -0.356 e. The monoisotopic (exact) mass is 277 g/mol. The highest BCUT2D eigenvalue weighted by atomic mass is 35.5. The number of halogens is 1. The molecule has 1 rings (SSSR count). The zero-order valence-electron chi connectivity index (χ0n) is 11.0. The summed E-state index contributed by atoms with van der Waals surface area (Å²) in [5, 5.41) is 8.95. The fourth-order valence-electron chi connectivity index (χ4n) is 1.85. The summed E-state index contributed by atoms with van der Waals surface area (Å²) in [4.78, 5) is 22.9. The molecule has 0 bridgehead atoms. The molecule has 3 N–H and O–H groups in total. The molecular formula is C12H24ClN3O2. The van der Waals surface area contributed by atoms with Crippen LogP contribution in [0.15, 0.2) is 0 Å². The van der Waals surface area contributed by atoms with Crippen molar-refractivity contribution in [1.29, 1.82) is 0 Å². The summed E-state index contributed by atoms with van der Waals surface area (Å²) >= 11 is 0. The smallest absolute Gasteiger partial charge is 0.220 e. The fourth-order valence-corrected chi connectivity index (χ4v) is 1.85. The minimum absolute atomic E-state index is 0. The van der Waals surface area contributed by atoms with Crippen LogP contribution in [0.25, 0.3) is 0 Å². The van der Waals surface area contributed by atoms with E-state index in [1.807, 2.05) is 6.92 Å². The molecule has 5 nitrogen and oxygen atoms in total. The maximum absolute atomic E-state index is 11.6. The Bertz CT molecular complexity index is 256. The van der Waals surface area contributed by atoms with Gasteiger partial charge in [0.25, 0.3) is 0 Å². The van der Waals surface area contributed by atoms with Gasteiger partial charge in [0, 0.05) is 32.0 Å². The molecule has 106 valence electrons. The van der Waals surface area contributed by atoms with Gasteiger partial charge in [0.05, 0.1) is 0 Å². The molecule has 1 aliphatic heterocycles. The van der Waals surface area contributed by atoms with Gasteiger partial charge in [-0.05, 0) is 25.8 Å². The first kappa shape index (κ1) is 17.2. The lowest BCUT2D eigenvalue weighted by Gasteiger charge is -2.23. The molecule has 0 saturated carbocycles. The van der Waals surface area contributed by atoms with Crippen molar-refractivity contribution >= 4 is 24.2 Å². The number of piperidine rings is 1. The summed E-state index contributed by atoms with van der Waals surface area (Å²) in [6, 6.07) is 0.231. The summed E-state index contributed by atoms with van der Waals surface area (Å²) in [7, 11) is 0. The summed E-state index contributed by atoms with van der Waals surface area (Å²) < 4.78 is 0. The quantitative estimate of drug-likeness (QED) is 0.665. The molecule has 0 aromatic carbocycles. The molecule has 1 atom stereocenters. The van der Waals surface area contributed by atoms with Gasteiger partial charge in [0.15, 0.2) is 0 Å². The lowest BCUT2D eigenvalue weighted by molar-refractivity contribution is -0.126. The van der Waals surface area contributed by atoms with Crippen LogP contribution in [0, 0.1) is 0 Å². The Labute approximate surface area is 115 Å². The first-order valence-electron chi connectivity index (χ1n) is 6.49. The van der Waals surface area contributed by atoms with E-state index in [0.29, 0.717) is 6.54 Å². The van der Waals surface area contributed by atoms with Gasteiger partial charge < -0.3 is 16.0 Å². The van der Waals surface area contributed by atoms with E-state index in [1.165, 1.54) is 0 Å². The second-order valence-electron chi connectivity index (χ2n) is 4.46. The third-order valence-corrected chi connectivity index (χ3v) is 2.81. The van der Waals surface area contributed by atoms with Gasteiger partial charge in [-0.25, -0.2) is 0 Å². The van der Waals surface area contributed by atoms with Crippen LogP contribution in [0.4, 0.5) is 0 Å². The number of hydrogen-bond acceptors (Lipinski definition) is 3. The van der Waals surface area contributed by atoms with E-state index in [4.69, 9.17) is 0 Å². The number of nitrogens with one attached hydrogen (secondary N) is 3. The third kappa shape index (κ3) is 7.50. The van der Waals surface area contributed by atoms with Gasteiger partial charge in [0.1, 0.15) is 0 Å². The number of rotatable bonds is 6. The van der Waals surface area contributed by atoms with E-state index in [1.54, 1.807) is 0 Å². The molecule has 18 heavy (non-hydrogen) atoms. The van der Waals surface area contributed by atoms with E-state index in [0.717, 1.165) is 32.4 Å². The van der Waals surface area contributed by atoms with Gasteiger partial charge in [-0.1, -0.05) is 6.92 Å². The van der Waals surface area contributed by atoms with Crippen LogP contribution in [-0.2, 0) is 9.59 Å². The van der Waals surface area contributed by atoms with Crippen LogP contribution in [0.2, 0.25) is 0 Å². The van der Waals surface area contributed by atoms with Crippen molar-refractivity contribution in [3.8, 4) is 0 Å². The van der Waals surface area contributed by atoms with Crippen molar-refractivity contribution in [1.82, 2.24) is 16.0 Å². The number of hydrogen-bond donors (Lipinski definition) is 3. The molecule has 1 aliphatic rings. The number of carbonyl (C=O) groups excluding carboxylic acids is 2. The van der Waals surface area contributed by atoms with Crippen molar-refractivity contribution in [2.75, 3.05) is 19.6 Å². The Kier molecular flexibility index (Phi) is 9.69. The Morgan fingerprint density at radius 3 is 2.61 bits per heavy atom. The van der Waals surface area contributed by atoms with Crippen LogP contribution in [0.1, 0.15) is 39.0 Å². The molecule has 1 heterocycles. The van der Waals surface area contributed by atoms with Crippen LogP contribution < -0.4 is 16.0 Å². The lowest BCUT2D eigenvalue weighted by Crippen LogP contribution is -2.45. The van der Waals surface area contributed by atoms with Crippen molar-refractivity contribution in [2.24, 2.45) is 0 Å². The Hall–Kier alpha value is -0.810. The average molecular weight is 278 g/mol. The van der Waals surface area contributed by atoms with E-state index < -0.39 is 0 Å². The van der Waals surface area contributed by atoms with E-state index in [9.17, 15) is 9.59 Å². The molecular weight excluding hydrogens is 254 g/mol. The summed E-state index contributed by atoms with van der Waals surface area (Å²) in [5.74, 6) is -0.0610. The van der Waals surface area contributed by atoms with Crippen LogP contribution >= 0.6 is 12.4 Å². The molecule has 0 radical (unpaired) electrons. The van der Waals surface area contributed by atoms with E-state index in [-0.39, 0.29) is 43.1 Å². The van der Waals surface area contributed by atoms with Gasteiger partial charge in [-0.2, -0.15) is 0 Å². The highest BCUT2D eigenvalue weighted by molar-refractivity contribution is 5.85. The Morgan fingerprint density at radius 1 is 1.28 bits per heavy atom. The standard InChI is InChI=1S/C12H23N3O2.ClH/c1-2-7-14-11(16)5-6-12(17)15-10-4-3-8-13-9-10;/h10,13H,2-9H2,1H3,(H,14,16)(H,15,17);1H. The molecule has 1 unspecified atom stereocenters. The second kappa shape index (κ2) is 10.1. The topological polar surface area (TPSA) is 70.2 Å². The molecule has 0 spiro atoms. The summed E-state index contributed by atoms with van der Waals surface area (Å²) in [5.41, 5.74) is 0. The average Bonchev–Trinajstić information content (AvgIpc) is 2.35. The first-order valence-corrected chi connectivity index (χ1v) is 6.49. The highest BCUT2D eigenvalue weighted by Crippen LogP contribution is 2.02. The maximum atomic E-state index is 11.6. The number of carbonyl (C=O) groups is 2. The zero-order valence-corrected chi connectivity index (χ0v) is 11.8. The SMILES string of the molecule is CCCNC(=O)CCC(=O)NC1CCCNC1.Cl. The summed E-state index contributed by atoms with van der Waals surface area (Å²) in [6.07, 6.45) is 3.62. The van der Waals surface area contributed by atoms with Gasteiger partial charge in [-0.15, -0.1) is 12.4 Å². The molecule has 0 aliphatic carbocycles. The largest absolute Gasteiger partial charge is 0.356 e. The van der Waals surface area contributed by atoms with E-state index >= 15 is 0 Å². The van der Waals surface area contributed by atoms with Crippen LogP contribution in [-0.4, -0.2) is 37.5 Å². The molecule has 0 aromatic heterocycles. The first-order chi connectivity index (χ1) is 8.22. The van der Waals surface area contributed by atoms with Crippen LogP contribution in [0.3, 0.4) is 0 Å². The third-order valence-electron chi connectivity index (χ3n) is 2.81. The van der Waals surface area contributed by atoms with Gasteiger partial charge >= 0.3 is 0 Å². The Balaban J connectivity index is 0.00000289. The minimum atomic E-state index is -0.0382. The summed E-state index contributed by atoms with van der Waals surface area (Å²) in [6.45, 7) is 4.57. The Morgan fingerprint density at radius 2 is 2.00 bits per heavy atom. The van der Waals surface area contributed by atoms with Crippen molar-refractivity contribution in [3.05, 3.63) is 0 Å². The predicted octanol–water partition coefficient (Wildman–Crippen LogP) is 0.583. The zero-order chi connectivity index (χ0) is 12.5. The highest BCUT2D eigenvalue weighted by Gasteiger charge is 2.15. The lowest BCUT2D eigenvalue weighted by atomic mass is 10.1. The van der Waals surface area contributed by atoms with E-state index in [2.05, 4.69) is 16.0 Å². The maximum Gasteiger partial charge on any atom is 0.220 e. The van der Waals surface area contributed by atoms with Crippen molar-refractivity contribution in [2.45, 2.75) is 45.1 Å². The molecule has 2 amide bonds. The van der Waals surface area contributed by atoms with Gasteiger partial charge in [0.2, 0.25) is 11.8 Å². The molecule has 1 saturated heterocycles. The van der Waals surface area contributed by atoms with Gasteiger partial charge in [-0.3, -0.25) is 9.59 Å². The van der Waals surface area contributed by atoms with Crippen molar-refractivity contribution in [3.63, 3.8) is 0 Å². The molecule has 6 heteroatoms. The fraction of sp³-hybridized carbons (Fsp3) is 0.833. The normalized spacial score (nSPS) is 18.6.